The van der Waals surface area contributed by atoms with Gasteiger partial charge in [0, 0.05) is 30.5 Å². The van der Waals surface area contributed by atoms with E-state index in [0.717, 1.165) is 31.5 Å². The number of hydrogen-bond acceptors (Lipinski definition) is 4. The number of nitrogens with zero attached hydrogens (tertiary/aromatic N) is 3. The largest absolute Gasteiger partial charge is 0.465 e. The van der Waals surface area contributed by atoms with Gasteiger partial charge >= 0.3 is 6.09 Å². The van der Waals surface area contributed by atoms with Gasteiger partial charge in [0.15, 0.2) is 0 Å². The Balaban J connectivity index is 1.76. The van der Waals surface area contributed by atoms with Crippen LogP contribution < -0.4 is 10.2 Å². The number of anilines is 1. The smallest absolute Gasteiger partial charge is 0.404 e. The molecular weight excluding hydrogens is 232 g/mol. The zero-order chi connectivity index (χ0) is 12.5. The number of amides is 1. The van der Waals surface area contributed by atoms with Gasteiger partial charge in [0.2, 0.25) is 0 Å². The summed E-state index contributed by atoms with van der Waals surface area (Å²) < 4.78 is 0. The number of carboxylic acid groups (broad SMARTS) is 1. The summed E-state index contributed by atoms with van der Waals surface area (Å²) >= 11 is 0. The van der Waals surface area contributed by atoms with Crippen LogP contribution in [0.5, 0.6) is 0 Å². The lowest BCUT2D eigenvalue weighted by molar-refractivity contribution is 0.185. The van der Waals surface area contributed by atoms with Crippen LogP contribution in [0.3, 0.4) is 0 Å². The van der Waals surface area contributed by atoms with Crippen molar-refractivity contribution in [2.75, 3.05) is 4.90 Å². The van der Waals surface area contributed by atoms with Gasteiger partial charge in [0.1, 0.15) is 5.82 Å². The van der Waals surface area contributed by atoms with E-state index in [2.05, 4.69) is 20.2 Å². The predicted molar refractivity (Wildman–Crippen MR) is 65.5 cm³/mol. The Bertz CT molecular complexity index is 425. The van der Waals surface area contributed by atoms with Gasteiger partial charge in [-0.05, 0) is 25.7 Å². The molecule has 0 spiro atoms. The summed E-state index contributed by atoms with van der Waals surface area (Å²) in [5.74, 6) is 0.916. The van der Waals surface area contributed by atoms with Crippen molar-refractivity contribution in [3.05, 3.63) is 18.6 Å². The highest BCUT2D eigenvalue weighted by atomic mass is 16.4. The lowest BCUT2D eigenvalue weighted by Gasteiger charge is -2.39. The molecule has 1 amide bonds. The molecule has 96 valence electrons. The lowest BCUT2D eigenvalue weighted by Crippen LogP contribution is -2.50. The number of piperidine rings is 1. The van der Waals surface area contributed by atoms with E-state index in [1.165, 1.54) is 0 Å². The van der Waals surface area contributed by atoms with E-state index < -0.39 is 6.09 Å². The van der Waals surface area contributed by atoms with Crippen LogP contribution in [0.15, 0.2) is 18.6 Å². The molecule has 2 N–H and O–H groups in total. The average Bonchev–Trinajstić information content (AvgIpc) is 2.62. The molecule has 2 bridgehead atoms. The first-order valence-electron chi connectivity index (χ1n) is 6.28. The molecule has 2 atom stereocenters. The van der Waals surface area contributed by atoms with Crippen molar-refractivity contribution in [2.45, 2.75) is 43.8 Å². The molecule has 0 radical (unpaired) electrons. The fraction of sp³-hybridized carbons (Fsp3) is 0.583. The van der Waals surface area contributed by atoms with Crippen LogP contribution in [0.25, 0.3) is 0 Å². The van der Waals surface area contributed by atoms with Crippen LogP contribution >= 0.6 is 0 Å². The van der Waals surface area contributed by atoms with Crippen molar-refractivity contribution in [3.63, 3.8) is 0 Å². The third kappa shape index (κ3) is 1.98. The highest BCUT2D eigenvalue weighted by Crippen LogP contribution is 2.38. The minimum atomic E-state index is -0.924. The van der Waals surface area contributed by atoms with Gasteiger partial charge in [-0.25, -0.2) is 9.78 Å². The Labute approximate surface area is 105 Å². The van der Waals surface area contributed by atoms with Gasteiger partial charge in [0.05, 0.1) is 6.20 Å². The topological polar surface area (TPSA) is 78.4 Å². The Hall–Kier alpha value is -1.85. The number of rotatable bonds is 2. The van der Waals surface area contributed by atoms with Crippen molar-refractivity contribution >= 4 is 11.9 Å². The first-order valence-corrected chi connectivity index (χ1v) is 6.28. The highest BCUT2D eigenvalue weighted by molar-refractivity contribution is 5.65. The van der Waals surface area contributed by atoms with Crippen molar-refractivity contribution in [1.29, 1.82) is 0 Å². The molecule has 2 unspecified atom stereocenters. The molecule has 3 rings (SSSR count). The Morgan fingerprint density at radius 3 is 2.61 bits per heavy atom. The summed E-state index contributed by atoms with van der Waals surface area (Å²) in [6, 6.07) is 0.850. The maximum absolute atomic E-state index is 10.7. The summed E-state index contributed by atoms with van der Waals surface area (Å²) in [4.78, 5) is 21.5. The molecule has 0 saturated carbocycles. The Kier molecular flexibility index (Phi) is 2.77. The summed E-state index contributed by atoms with van der Waals surface area (Å²) in [6.45, 7) is 0. The first-order chi connectivity index (χ1) is 8.74. The molecule has 6 heteroatoms. The van der Waals surface area contributed by atoms with Crippen molar-refractivity contribution in [2.24, 2.45) is 0 Å². The third-order valence-corrected chi connectivity index (χ3v) is 3.87. The van der Waals surface area contributed by atoms with Gasteiger partial charge in [-0.1, -0.05) is 0 Å². The zero-order valence-electron chi connectivity index (χ0n) is 9.99. The van der Waals surface area contributed by atoms with Gasteiger partial charge in [-0.15, -0.1) is 0 Å². The van der Waals surface area contributed by atoms with E-state index in [1.54, 1.807) is 18.6 Å². The second-order valence-electron chi connectivity index (χ2n) is 4.97. The standard InChI is InChI=1S/C12H16N4O2/c17-12(18)15-8-5-9-1-2-10(6-8)16(9)11-7-13-3-4-14-11/h3-4,7-10,15H,1-2,5-6H2,(H,17,18). The van der Waals surface area contributed by atoms with E-state index in [0.29, 0.717) is 12.1 Å². The number of carbonyl (C=O) groups is 1. The van der Waals surface area contributed by atoms with Crippen LogP contribution in [0.1, 0.15) is 25.7 Å². The monoisotopic (exact) mass is 248 g/mol. The quantitative estimate of drug-likeness (QED) is 0.823. The molecule has 2 aliphatic heterocycles. The van der Waals surface area contributed by atoms with Crippen LogP contribution in [0, 0.1) is 0 Å². The minimum Gasteiger partial charge on any atom is -0.465 e. The molecule has 0 aromatic carbocycles. The summed E-state index contributed by atoms with van der Waals surface area (Å²) in [6.07, 6.45) is 8.18. The number of hydrogen-bond donors (Lipinski definition) is 2. The molecule has 1 aromatic rings. The normalized spacial score (nSPS) is 30.2. The molecule has 1 aromatic heterocycles. The summed E-state index contributed by atoms with van der Waals surface area (Å²) in [7, 11) is 0. The maximum atomic E-state index is 10.7. The number of aromatic nitrogens is 2. The van der Waals surface area contributed by atoms with E-state index >= 15 is 0 Å². The van der Waals surface area contributed by atoms with Gasteiger partial charge in [-0.2, -0.15) is 0 Å². The van der Waals surface area contributed by atoms with Crippen LogP contribution in [-0.4, -0.2) is 39.3 Å². The van der Waals surface area contributed by atoms with E-state index in [9.17, 15) is 4.79 Å². The molecule has 2 saturated heterocycles. The predicted octanol–water partition coefficient (Wildman–Crippen LogP) is 1.24. The molecule has 18 heavy (non-hydrogen) atoms. The van der Waals surface area contributed by atoms with Crippen LogP contribution in [-0.2, 0) is 0 Å². The summed E-state index contributed by atoms with van der Waals surface area (Å²) in [5.41, 5.74) is 0. The van der Waals surface area contributed by atoms with Gasteiger partial charge < -0.3 is 15.3 Å². The van der Waals surface area contributed by atoms with Crippen LogP contribution in [0.4, 0.5) is 10.6 Å². The van der Waals surface area contributed by atoms with Crippen molar-refractivity contribution in [1.82, 2.24) is 15.3 Å². The molecule has 2 aliphatic rings. The SMILES string of the molecule is O=C(O)NC1CC2CCC(C1)N2c1cnccn1. The average molecular weight is 248 g/mol. The first kappa shape index (κ1) is 11.3. The van der Waals surface area contributed by atoms with Crippen molar-refractivity contribution in [3.8, 4) is 0 Å². The van der Waals surface area contributed by atoms with E-state index in [-0.39, 0.29) is 6.04 Å². The molecular formula is C12H16N4O2. The van der Waals surface area contributed by atoms with Gasteiger partial charge in [-0.3, -0.25) is 4.98 Å². The maximum Gasteiger partial charge on any atom is 0.404 e. The lowest BCUT2D eigenvalue weighted by atomic mass is 9.97. The van der Waals surface area contributed by atoms with Crippen LogP contribution in [0.2, 0.25) is 0 Å². The van der Waals surface area contributed by atoms with Crippen molar-refractivity contribution < 1.29 is 9.90 Å². The fourth-order valence-electron chi connectivity index (χ4n) is 3.27. The minimum absolute atomic E-state index is 0.0768. The Morgan fingerprint density at radius 1 is 1.33 bits per heavy atom. The fourth-order valence-corrected chi connectivity index (χ4v) is 3.27. The van der Waals surface area contributed by atoms with E-state index in [4.69, 9.17) is 5.11 Å². The molecule has 0 aliphatic carbocycles. The zero-order valence-corrected chi connectivity index (χ0v) is 9.99. The Morgan fingerprint density at radius 2 is 2.06 bits per heavy atom. The number of nitrogens with one attached hydrogen (secondary N) is 1. The third-order valence-electron chi connectivity index (χ3n) is 3.87. The van der Waals surface area contributed by atoms with Gasteiger partial charge in [0.25, 0.3) is 0 Å². The number of fused-ring (bicyclic) bond motifs is 2. The van der Waals surface area contributed by atoms with E-state index in [1.807, 2.05) is 0 Å². The molecule has 2 fully saturated rings. The molecule has 3 heterocycles. The second-order valence-corrected chi connectivity index (χ2v) is 4.97. The second kappa shape index (κ2) is 4.44. The summed E-state index contributed by atoms with van der Waals surface area (Å²) in [5, 5.41) is 11.4. The highest BCUT2D eigenvalue weighted by Gasteiger charge is 2.41. The molecule has 6 nitrogen and oxygen atoms in total.